The first kappa shape index (κ1) is 18.3. The normalized spacial score (nSPS) is 17.0. The molecule has 1 atom stereocenters. The maximum atomic E-state index is 5.36. The van der Waals surface area contributed by atoms with E-state index in [1.807, 2.05) is 24.4 Å². The number of methoxy groups -OCH3 is 2. The standard InChI is InChI=1S/C20H28N4O2/c1-15-5-4-12-24(14-15)20-22-11-9-19(23-20)21-10-8-16-6-7-17(25-2)18(13-16)26-3/h6-7,9,11,13,15H,4-5,8,10,12,14H2,1-3H3,(H,21,22,23). The molecule has 1 N–H and O–H groups in total. The Hall–Kier alpha value is -2.50. The second-order valence-electron chi connectivity index (χ2n) is 6.80. The van der Waals surface area contributed by atoms with Crippen molar-refractivity contribution in [1.29, 1.82) is 0 Å². The number of hydrogen-bond acceptors (Lipinski definition) is 6. The largest absolute Gasteiger partial charge is 0.493 e. The number of rotatable bonds is 7. The molecule has 1 aliphatic heterocycles. The average molecular weight is 356 g/mol. The van der Waals surface area contributed by atoms with E-state index in [0.717, 1.165) is 49.3 Å². The Morgan fingerprint density at radius 1 is 1.19 bits per heavy atom. The van der Waals surface area contributed by atoms with E-state index in [9.17, 15) is 0 Å². The van der Waals surface area contributed by atoms with Crippen molar-refractivity contribution in [1.82, 2.24) is 9.97 Å². The number of ether oxygens (including phenoxy) is 2. The van der Waals surface area contributed by atoms with Gasteiger partial charge in [0, 0.05) is 25.8 Å². The van der Waals surface area contributed by atoms with Gasteiger partial charge in [-0.15, -0.1) is 0 Å². The third-order valence-electron chi connectivity index (χ3n) is 4.75. The van der Waals surface area contributed by atoms with Crippen molar-refractivity contribution in [2.75, 3.05) is 44.1 Å². The van der Waals surface area contributed by atoms with Gasteiger partial charge < -0.3 is 19.7 Å². The molecule has 6 heteroatoms. The van der Waals surface area contributed by atoms with Crippen molar-refractivity contribution in [2.45, 2.75) is 26.2 Å². The summed E-state index contributed by atoms with van der Waals surface area (Å²) in [5.41, 5.74) is 1.19. The van der Waals surface area contributed by atoms with Crippen molar-refractivity contribution in [3.8, 4) is 11.5 Å². The monoisotopic (exact) mass is 356 g/mol. The van der Waals surface area contributed by atoms with Crippen LogP contribution in [0.25, 0.3) is 0 Å². The molecule has 0 amide bonds. The number of benzene rings is 1. The van der Waals surface area contributed by atoms with Gasteiger partial charge in [-0.25, -0.2) is 4.98 Å². The van der Waals surface area contributed by atoms with Crippen LogP contribution in [0, 0.1) is 5.92 Å². The van der Waals surface area contributed by atoms with E-state index in [1.165, 1.54) is 18.4 Å². The molecule has 3 rings (SSSR count). The molecular weight excluding hydrogens is 328 g/mol. The zero-order valence-corrected chi connectivity index (χ0v) is 15.9. The highest BCUT2D eigenvalue weighted by atomic mass is 16.5. The highest BCUT2D eigenvalue weighted by Crippen LogP contribution is 2.27. The molecular formula is C20H28N4O2. The second kappa shape index (κ2) is 8.74. The third-order valence-corrected chi connectivity index (χ3v) is 4.75. The fourth-order valence-corrected chi connectivity index (χ4v) is 3.34. The molecule has 2 heterocycles. The highest BCUT2D eigenvalue weighted by Gasteiger charge is 2.18. The molecule has 6 nitrogen and oxygen atoms in total. The van der Waals surface area contributed by atoms with E-state index in [2.05, 4.69) is 33.2 Å². The first-order chi connectivity index (χ1) is 12.7. The van der Waals surface area contributed by atoms with E-state index in [-0.39, 0.29) is 0 Å². The van der Waals surface area contributed by atoms with Crippen molar-refractivity contribution in [2.24, 2.45) is 5.92 Å². The molecule has 0 aliphatic carbocycles. The lowest BCUT2D eigenvalue weighted by Gasteiger charge is -2.30. The molecule has 26 heavy (non-hydrogen) atoms. The summed E-state index contributed by atoms with van der Waals surface area (Å²) in [7, 11) is 3.30. The van der Waals surface area contributed by atoms with Crippen molar-refractivity contribution >= 4 is 11.8 Å². The van der Waals surface area contributed by atoms with Gasteiger partial charge in [-0.05, 0) is 48.9 Å². The Labute approximate surface area is 155 Å². The first-order valence-electron chi connectivity index (χ1n) is 9.22. The average Bonchev–Trinajstić information content (AvgIpc) is 2.68. The summed E-state index contributed by atoms with van der Waals surface area (Å²) in [5.74, 6) is 3.91. The molecule has 1 fully saturated rings. The van der Waals surface area contributed by atoms with Gasteiger partial charge >= 0.3 is 0 Å². The van der Waals surface area contributed by atoms with Crippen LogP contribution in [0.4, 0.5) is 11.8 Å². The number of aromatic nitrogens is 2. The minimum atomic E-state index is 0.703. The van der Waals surface area contributed by atoms with Crippen LogP contribution in [0.1, 0.15) is 25.3 Å². The number of anilines is 2. The van der Waals surface area contributed by atoms with Gasteiger partial charge in [0.1, 0.15) is 5.82 Å². The molecule has 1 saturated heterocycles. The van der Waals surface area contributed by atoms with Crippen LogP contribution in [0.3, 0.4) is 0 Å². The lowest BCUT2D eigenvalue weighted by Crippen LogP contribution is -2.35. The number of piperidine rings is 1. The van der Waals surface area contributed by atoms with E-state index in [1.54, 1.807) is 14.2 Å². The van der Waals surface area contributed by atoms with Crippen LogP contribution in [0.5, 0.6) is 11.5 Å². The topological polar surface area (TPSA) is 59.5 Å². The molecule has 0 spiro atoms. The summed E-state index contributed by atoms with van der Waals surface area (Å²) in [4.78, 5) is 11.4. The van der Waals surface area contributed by atoms with E-state index in [4.69, 9.17) is 9.47 Å². The summed E-state index contributed by atoms with van der Waals surface area (Å²) in [6.07, 6.45) is 5.21. The predicted octanol–water partition coefficient (Wildman–Crippen LogP) is 3.38. The summed E-state index contributed by atoms with van der Waals surface area (Å²) in [6.45, 7) is 5.16. The van der Waals surface area contributed by atoms with Crippen LogP contribution in [-0.2, 0) is 6.42 Å². The lowest BCUT2D eigenvalue weighted by atomic mass is 10.0. The third kappa shape index (κ3) is 4.56. The molecule has 1 aromatic heterocycles. The van der Waals surface area contributed by atoms with Gasteiger partial charge in [0.05, 0.1) is 14.2 Å². The molecule has 140 valence electrons. The molecule has 0 radical (unpaired) electrons. The zero-order chi connectivity index (χ0) is 18.4. The molecule has 0 saturated carbocycles. The second-order valence-corrected chi connectivity index (χ2v) is 6.80. The minimum Gasteiger partial charge on any atom is -0.493 e. The van der Waals surface area contributed by atoms with Gasteiger partial charge in [-0.1, -0.05) is 13.0 Å². The molecule has 2 aromatic rings. The maximum Gasteiger partial charge on any atom is 0.227 e. The Morgan fingerprint density at radius 2 is 2.04 bits per heavy atom. The Bertz CT molecular complexity index is 723. The van der Waals surface area contributed by atoms with Crippen LogP contribution in [0.15, 0.2) is 30.5 Å². The zero-order valence-electron chi connectivity index (χ0n) is 15.9. The molecule has 1 aliphatic rings. The van der Waals surface area contributed by atoms with E-state index in [0.29, 0.717) is 5.92 Å². The molecule has 1 unspecified atom stereocenters. The van der Waals surface area contributed by atoms with Crippen LogP contribution in [-0.4, -0.2) is 43.8 Å². The first-order valence-corrected chi connectivity index (χ1v) is 9.22. The maximum absolute atomic E-state index is 5.36. The number of hydrogen-bond donors (Lipinski definition) is 1. The number of nitrogens with zero attached hydrogens (tertiary/aromatic N) is 3. The SMILES string of the molecule is COc1ccc(CCNc2ccnc(N3CCCC(C)C3)n2)cc1OC. The van der Waals surface area contributed by atoms with Crippen molar-refractivity contribution in [3.63, 3.8) is 0 Å². The molecule has 0 bridgehead atoms. The van der Waals surface area contributed by atoms with Gasteiger partial charge in [0.25, 0.3) is 0 Å². The quantitative estimate of drug-likeness (QED) is 0.821. The summed E-state index contributed by atoms with van der Waals surface area (Å²) < 4.78 is 10.6. The smallest absolute Gasteiger partial charge is 0.227 e. The van der Waals surface area contributed by atoms with Gasteiger partial charge in [0.2, 0.25) is 5.95 Å². The van der Waals surface area contributed by atoms with Crippen LogP contribution in [0.2, 0.25) is 0 Å². The Morgan fingerprint density at radius 3 is 2.81 bits per heavy atom. The van der Waals surface area contributed by atoms with Crippen LogP contribution < -0.4 is 19.7 Å². The van der Waals surface area contributed by atoms with Gasteiger partial charge in [-0.3, -0.25) is 0 Å². The highest BCUT2D eigenvalue weighted by molar-refractivity contribution is 5.44. The van der Waals surface area contributed by atoms with E-state index < -0.39 is 0 Å². The van der Waals surface area contributed by atoms with Crippen molar-refractivity contribution < 1.29 is 9.47 Å². The van der Waals surface area contributed by atoms with Crippen LogP contribution >= 0.6 is 0 Å². The fraction of sp³-hybridized carbons (Fsp3) is 0.500. The summed E-state index contributed by atoms with van der Waals surface area (Å²) in [6, 6.07) is 7.94. The Balaban J connectivity index is 1.57. The lowest BCUT2D eigenvalue weighted by molar-refractivity contribution is 0.354. The summed E-state index contributed by atoms with van der Waals surface area (Å²) in [5, 5.41) is 3.40. The Kier molecular flexibility index (Phi) is 6.15. The number of nitrogens with one attached hydrogen (secondary N) is 1. The van der Waals surface area contributed by atoms with Gasteiger partial charge in [0.15, 0.2) is 11.5 Å². The minimum absolute atomic E-state index is 0.703. The van der Waals surface area contributed by atoms with E-state index >= 15 is 0 Å². The van der Waals surface area contributed by atoms with Gasteiger partial charge in [-0.2, -0.15) is 4.98 Å². The predicted molar refractivity (Wildman–Crippen MR) is 104 cm³/mol. The molecule has 1 aromatic carbocycles. The summed E-state index contributed by atoms with van der Waals surface area (Å²) >= 11 is 0. The van der Waals surface area contributed by atoms with Crippen molar-refractivity contribution in [3.05, 3.63) is 36.0 Å². The fourth-order valence-electron chi connectivity index (χ4n) is 3.34.